The van der Waals surface area contributed by atoms with E-state index in [0.717, 1.165) is 36.6 Å². The molecule has 0 bridgehead atoms. The lowest BCUT2D eigenvalue weighted by Crippen LogP contribution is -2.31. The molecule has 0 saturated carbocycles. The van der Waals surface area contributed by atoms with Crippen LogP contribution < -0.4 is 15.4 Å². The van der Waals surface area contributed by atoms with Gasteiger partial charge < -0.3 is 15.4 Å². The van der Waals surface area contributed by atoms with Gasteiger partial charge in [-0.3, -0.25) is 19.0 Å². The number of ether oxygens (including phenoxy) is 1. The number of amides is 2. The number of rotatable bonds is 12. The molecule has 2 N–H and O–H groups in total. The Bertz CT molecular complexity index is 1300. The van der Waals surface area contributed by atoms with Crippen molar-refractivity contribution in [2.24, 2.45) is 5.92 Å². The molecule has 0 fully saturated rings. The second kappa shape index (κ2) is 13.8. The summed E-state index contributed by atoms with van der Waals surface area (Å²) >= 11 is 6.03. The van der Waals surface area contributed by atoms with Gasteiger partial charge in [0.15, 0.2) is 0 Å². The van der Waals surface area contributed by atoms with Gasteiger partial charge in [0.2, 0.25) is 11.8 Å². The summed E-state index contributed by atoms with van der Waals surface area (Å²) in [5.74, 6) is 0.266. The minimum Gasteiger partial charge on any atom is -0.497 e. The normalized spacial score (nSPS) is 15.3. The molecule has 8 heteroatoms. The molecule has 1 heterocycles. The van der Waals surface area contributed by atoms with E-state index in [9.17, 15) is 14.4 Å². The lowest BCUT2D eigenvalue weighted by molar-refractivity contribution is -0.123. The molecule has 0 unspecified atom stereocenters. The van der Waals surface area contributed by atoms with Gasteiger partial charge in [-0.2, -0.15) is 0 Å². The summed E-state index contributed by atoms with van der Waals surface area (Å²) in [6, 6.07) is 5.44. The first-order valence-electron chi connectivity index (χ1n) is 12.9. The Morgan fingerprint density at radius 1 is 1.18 bits per heavy atom. The van der Waals surface area contributed by atoms with Crippen LogP contribution >= 0.6 is 11.6 Å². The number of nitrogens with one attached hydrogen (secondary N) is 2. The number of carbonyl (C=O) groups excluding carboxylic acids is 3. The maximum atomic E-state index is 13.3. The zero-order chi connectivity index (χ0) is 27.7. The van der Waals surface area contributed by atoms with Crippen molar-refractivity contribution in [3.05, 3.63) is 77.0 Å². The topological polar surface area (TPSA) is 89.4 Å². The zero-order valence-electron chi connectivity index (χ0n) is 22.3. The summed E-state index contributed by atoms with van der Waals surface area (Å²) in [5.41, 5.74) is 2.37. The Morgan fingerprint density at radius 2 is 1.92 bits per heavy atom. The third kappa shape index (κ3) is 7.25. The highest BCUT2D eigenvalue weighted by molar-refractivity contribution is 6.31. The van der Waals surface area contributed by atoms with Gasteiger partial charge in [0.25, 0.3) is 5.91 Å². The number of hydrogen-bond donors (Lipinski definition) is 2. The van der Waals surface area contributed by atoms with E-state index in [-0.39, 0.29) is 35.6 Å². The van der Waals surface area contributed by atoms with Crippen molar-refractivity contribution in [2.45, 2.75) is 46.0 Å². The number of unbranched alkanes of at least 4 members (excludes halogenated alkanes) is 1. The maximum absolute atomic E-state index is 13.3. The Hall–Kier alpha value is -3.58. The minimum absolute atomic E-state index is 0.00949. The second-order valence-electron chi connectivity index (χ2n) is 9.26. The van der Waals surface area contributed by atoms with E-state index in [1.54, 1.807) is 42.9 Å². The van der Waals surface area contributed by atoms with Crippen molar-refractivity contribution >= 4 is 40.2 Å². The Labute approximate surface area is 229 Å². The maximum Gasteiger partial charge on any atom is 0.261 e. The fourth-order valence-corrected chi connectivity index (χ4v) is 4.52. The smallest absolute Gasteiger partial charge is 0.261 e. The summed E-state index contributed by atoms with van der Waals surface area (Å²) in [4.78, 5) is 38.2. The number of allylic oxidation sites excluding steroid dienone is 6. The lowest BCUT2D eigenvalue weighted by atomic mass is 10.1. The summed E-state index contributed by atoms with van der Waals surface area (Å²) in [6.07, 6.45) is 12.4. The minimum atomic E-state index is -0.295. The van der Waals surface area contributed by atoms with Crippen LogP contribution in [-0.2, 0) is 16.0 Å². The van der Waals surface area contributed by atoms with Crippen LogP contribution in [0.25, 0.3) is 10.9 Å². The zero-order valence-corrected chi connectivity index (χ0v) is 23.1. The van der Waals surface area contributed by atoms with E-state index in [4.69, 9.17) is 16.3 Å². The average molecular weight is 538 g/mol. The van der Waals surface area contributed by atoms with E-state index in [0.29, 0.717) is 35.1 Å². The number of carbonyl (C=O) groups is 3. The first-order valence-corrected chi connectivity index (χ1v) is 13.3. The molecule has 2 amide bonds. The van der Waals surface area contributed by atoms with Crippen LogP contribution in [0.3, 0.4) is 0 Å². The Balaban J connectivity index is 1.65. The summed E-state index contributed by atoms with van der Waals surface area (Å²) < 4.78 is 6.97. The molecule has 2 aromatic rings. The van der Waals surface area contributed by atoms with Gasteiger partial charge in [-0.05, 0) is 75.4 Å². The van der Waals surface area contributed by atoms with E-state index < -0.39 is 0 Å². The van der Waals surface area contributed by atoms with Crippen LogP contribution in [0.4, 0.5) is 0 Å². The molecule has 0 saturated heterocycles. The van der Waals surface area contributed by atoms with Crippen molar-refractivity contribution in [1.82, 2.24) is 15.2 Å². The van der Waals surface area contributed by atoms with Gasteiger partial charge in [-0.1, -0.05) is 36.4 Å². The highest BCUT2D eigenvalue weighted by atomic mass is 35.5. The van der Waals surface area contributed by atoms with Gasteiger partial charge in [0.05, 0.1) is 25.0 Å². The second-order valence-corrected chi connectivity index (χ2v) is 9.69. The van der Waals surface area contributed by atoms with Gasteiger partial charge >= 0.3 is 0 Å². The van der Waals surface area contributed by atoms with Crippen LogP contribution in [0.15, 0.2) is 65.8 Å². The SMILES string of the molecule is C=C(/C=C\C(Cl)=C/C)C(=O)n1c(C)c(CC(=O)NCCCCNC(=O)[C@H]2C=CCC2)c2cc(OC)ccc21. The molecule has 0 aliphatic heterocycles. The summed E-state index contributed by atoms with van der Waals surface area (Å²) in [6.45, 7) is 8.63. The molecule has 0 radical (unpaired) electrons. The average Bonchev–Trinajstić information content (AvgIpc) is 3.55. The van der Waals surface area contributed by atoms with E-state index in [1.165, 1.54) is 0 Å². The number of hydrogen-bond acceptors (Lipinski definition) is 4. The summed E-state index contributed by atoms with van der Waals surface area (Å²) in [5, 5.41) is 7.20. The van der Waals surface area contributed by atoms with E-state index in [1.807, 2.05) is 31.2 Å². The van der Waals surface area contributed by atoms with Gasteiger partial charge in [0, 0.05) is 34.8 Å². The van der Waals surface area contributed by atoms with Gasteiger partial charge in [-0.25, -0.2) is 0 Å². The Kier molecular flexibility index (Phi) is 10.5. The first kappa shape index (κ1) is 29.0. The molecule has 0 spiro atoms. The highest BCUT2D eigenvalue weighted by Crippen LogP contribution is 2.30. The number of methoxy groups -OCH3 is 1. The van der Waals surface area contributed by atoms with Crippen molar-refractivity contribution in [3.63, 3.8) is 0 Å². The molecule has 202 valence electrons. The molecule has 1 aromatic heterocycles. The monoisotopic (exact) mass is 537 g/mol. The van der Waals surface area contributed by atoms with Crippen LogP contribution in [0.2, 0.25) is 0 Å². The molecular formula is C30H36ClN3O4. The molecule has 7 nitrogen and oxygen atoms in total. The van der Waals surface area contributed by atoms with Gasteiger partial charge in [0.1, 0.15) is 5.75 Å². The number of aromatic nitrogens is 1. The number of halogens is 1. The predicted octanol–water partition coefficient (Wildman–Crippen LogP) is 5.37. The predicted molar refractivity (Wildman–Crippen MR) is 153 cm³/mol. The number of benzene rings is 1. The fraction of sp³-hybridized carbons (Fsp3) is 0.367. The van der Waals surface area contributed by atoms with Crippen molar-refractivity contribution < 1.29 is 19.1 Å². The molecule has 1 aromatic carbocycles. The van der Waals surface area contributed by atoms with E-state index in [2.05, 4.69) is 17.2 Å². The highest BCUT2D eigenvalue weighted by Gasteiger charge is 2.22. The molecule has 1 atom stereocenters. The molecule has 1 aliphatic rings. The standard InChI is InChI=1S/C30H36ClN3O4/c1-5-23(31)13-12-20(2)30(37)34-21(3)25(26-18-24(38-4)14-15-27(26)34)19-28(35)32-16-8-9-17-33-29(36)22-10-6-7-11-22/h5-6,10,12-15,18,22H,2,7-9,11,16-17,19H2,1,3-4H3,(H,32,35)(H,33,36)/b13-12-,23-5+/t22-/m0/s1. The molecular weight excluding hydrogens is 502 g/mol. The number of nitrogens with zero attached hydrogens (tertiary/aromatic N) is 1. The van der Waals surface area contributed by atoms with Crippen LogP contribution in [0.1, 0.15) is 48.7 Å². The van der Waals surface area contributed by atoms with Crippen molar-refractivity contribution in [2.75, 3.05) is 20.2 Å². The molecule has 1 aliphatic carbocycles. The summed E-state index contributed by atoms with van der Waals surface area (Å²) in [7, 11) is 1.58. The van der Waals surface area contributed by atoms with Crippen LogP contribution in [-0.4, -0.2) is 42.5 Å². The third-order valence-corrected chi connectivity index (χ3v) is 7.00. The Morgan fingerprint density at radius 3 is 2.58 bits per heavy atom. The van der Waals surface area contributed by atoms with Crippen molar-refractivity contribution in [3.8, 4) is 5.75 Å². The van der Waals surface area contributed by atoms with Gasteiger partial charge in [-0.15, -0.1) is 0 Å². The van der Waals surface area contributed by atoms with Crippen LogP contribution in [0.5, 0.6) is 5.75 Å². The fourth-order valence-electron chi connectivity index (χ4n) is 4.46. The van der Waals surface area contributed by atoms with E-state index >= 15 is 0 Å². The first-order chi connectivity index (χ1) is 18.3. The van der Waals surface area contributed by atoms with Crippen molar-refractivity contribution in [1.29, 1.82) is 0 Å². The largest absolute Gasteiger partial charge is 0.497 e. The number of fused-ring (bicyclic) bond motifs is 1. The quantitative estimate of drug-likeness (QED) is 0.165. The molecule has 3 rings (SSSR count). The van der Waals surface area contributed by atoms with Crippen LogP contribution in [0, 0.1) is 12.8 Å². The molecule has 38 heavy (non-hydrogen) atoms. The lowest BCUT2D eigenvalue weighted by Gasteiger charge is -2.10. The third-order valence-electron chi connectivity index (χ3n) is 6.65.